The van der Waals surface area contributed by atoms with Crippen LogP contribution in [0.4, 0.5) is 4.79 Å². The average molecular weight is 479 g/mol. The van der Waals surface area contributed by atoms with Crippen molar-refractivity contribution in [2.75, 3.05) is 13.2 Å². The SMILES string of the molecule is O=C(O)C[C@@H]1CCC[C@H]1NC(=O)[C@@H]1OCC[C@@H]1NC(=O)OCC1c2ccccc2-c2ccccc21. The number of carboxylic acids is 1. The Morgan fingerprint density at radius 3 is 2.29 bits per heavy atom. The van der Waals surface area contributed by atoms with Gasteiger partial charge in [-0.1, -0.05) is 55.0 Å². The second-order valence-electron chi connectivity index (χ2n) is 9.56. The summed E-state index contributed by atoms with van der Waals surface area (Å²) in [6.45, 7) is 0.554. The van der Waals surface area contributed by atoms with Crippen LogP contribution in [0.3, 0.4) is 0 Å². The molecule has 2 aromatic rings. The van der Waals surface area contributed by atoms with E-state index in [0.29, 0.717) is 13.0 Å². The van der Waals surface area contributed by atoms with E-state index in [1.165, 1.54) is 0 Å². The van der Waals surface area contributed by atoms with Gasteiger partial charge in [-0.2, -0.15) is 0 Å². The molecule has 3 aliphatic rings. The molecule has 1 aliphatic heterocycles. The predicted molar refractivity (Wildman–Crippen MR) is 128 cm³/mol. The second-order valence-corrected chi connectivity index (χ2v) is 9.56. The molecule has 0 unspecified atom stereocenters. The van der Waals surface area contributed by atoms with Crippen molar-refractivity contribution in [3.8, 4) is 11.1 Å². The number of hydrogen-bond donors (Lipinski definition) is 3. The summed E-state index contributed by atoms with van der Waals surface area (Å²) in [6, 6.07) is 15.6. The lowest BCUT2D eigenvalue weighted by atomic mass is 9.98. The Balaban J connectivity index is 1.17. The molecule has 184 valence electrons. The molecule has 0 spiro atoms. The quantitative estimate of drug-likeness (QED) is 0.562. The molecule has 4 atom stereocenters. The van der Waals surface area contributed by atoms with E-state index in [1.54, 1.807) is 0 Å². The Morgan fingerprint density at radius 2 is 1.60 bits per heavy atom. The van der Waals surface area contributed by atoms with Crippen molar-refractivity contribution >= 4 is 18.0 Å². The Labute approximate surface area is 204 Å². The zero-order valence-electron chi connectivity index (χ0n) is 19.4. The van der Waals surface area contributed by atoms with Gasteiger partial charge in [-0.25, -0.2) is 4.79 Å². The molecule has 3 N–H and O–H groups in total. The largest absolute Gasteiger partial charge is 0.481 e. The zero-order valence-corrected chi connectivity index (χ0v) is 19.4. The van der Waals surface area contributed by atoms with E-state index in [-0.39, 0.29) is 36.8 Å². The predicted octanol–water partition coefficient (Wildman–Crippen LogP) is 3.44. The molecule has 2 amide bonds. The number of nitrogens with one attached hydrogen (secondary N) is 2. The number of rotatable bonds is 7. The van der Waals surface area contributed by atoms with E-state index in [2.05, 4.69) is 34.9 Å². The van der Waals surface area contributed by atoms with Crippen LogP contribution in [-0.4, -0.2) is 54.5 Å². The molecular weight excluding hydrogens is 448 g/mol. The van der Waals surface area contributed by atoms with Crippen LogP contribution >= 0.6 is 0 Å². The molecule has 35 heavy (non-hydrogen) atoms. The van der Waals surface area contributed by atoms with Gasteiger partial charge >= 0.3 is 12.1 Å². The minimum absolute atomic E-state index is 0.0396. The lowest BCUT2D eigenvalue weighted by molar-refractivity contribution is -0.139. The van der Waals surface area contributed by atoms with Crippen molar-refractivity contribution in [2.24, 2.45) is 5.92 Å². The third kappa shape index (κ3) is 4.89. The van der Waals surface area contributed by atoms with Gasteiger partial charge in [0.05, 0.1) is 12.5 Å². The first-order chi connectivity index (χ1) is 17.0. The van der Waals surface area contributed by atoms with Crippen molar-refractivity contribution < 1.29 is 29.0 Å². The first-order valence-corrected chi connectivity index (χ1v) is 12.3. The summed E-state index contributed by atoms with van der Waals surface area (Å²) >= 11 is 0. The maximum atomic E-state index is 12.9. The highest BCUT2D eigenvalue weighted by molar-refractivity contribution is 5.83. The molecule has 2 aliphatic carbocycles. The van der Waals surface area contributed by atoms with Gasteiger partial charge in [0.2, 0.25) is 0 Å². The van der Waals surface area contributed by atoms with Crippen molar-refractivity contribution in [2.45, 2.75) is 56.2 Å². The van der Waals surface area contributed by atoms with Crippen LogP contribution in [0.2, 0.25) is 0 Å². The number of aliphatic carboxylic acids is 1. The number of amides is 2. The van der Waals surface area contributed by atoms with E-state index in [9.17, 15) is 14.4 Å². The molecule has 1 saturated carbocycles. The molecule has 8 nitrogen and oxygen atoms in total. The summed E-state index contributed by atoms with van der Waals surface area (Å²) in [5, 5.41) is 14.9. The van der Waals surface area contributed by atoms with E-state index in [1.807, 2.05) is 24.3 Å². The fourth-order valence-electron chi connectivity index (χ4n) is 5.75. The fourth-order valence-corrected chi connectivity index (χ4v) is 5.75. The van der Waals surface area contributed by atoms with Crippen LogP contribution in [0.1, 0.15) is 49.1 Å². The van der Waals surface area contributed by atoms with Crippen LogP contribution in [0, 0.1) is 5.92 Å². The van der Waals surface area contributed by atoms with E-state index in [4.69, 9.17) is 14.6 Å². The number of hydrogen-bond acceptors (Lipinski definition) is 5. The standard InChI is InChI=1S/C27H30N2O6/c30-24(31)14-16-6-5-11-22(16)28-26(32)25-23(12-13-34-25)29-27(33)35-15-21-19-9-3-1-7-17(19)18-8-2-4-10-20(18)21/h1-4,7-10,16,21-23,25H,5-6,11-15H2,(H,28,32)(H,29,33)(H,30,31)/t16-,22+,23-,25+/m0/s1. The van der Waals surface area contributed by atoms with Gasteiger partial charge in [-0.3, -0.25) is 9.59 Å². The van der Waals surface area contributed by atoms with Crippen LogP contribution in [-0.2, 0) is 19.1 Å². The van der Waals surface area contributed by atoms with Crippen LogP contribution in [0.15, 0.2) is 48.5 Å². The first-order valence-electron chi connectivity index (χ1n) is 12.3. The van der Waals surface area contributed by atoms with Gasteiger partial charge in [0, 0.05) is 18.6 Å². The molecule has 0 bridgehead atoms. The van der Waals surface area contributed by atoms with E-state index in [0.717, 1.165) is 41.5 Å². The summed E-state index contributed by atoms with van der Waals surface area (Å²) in [7, 11) is 0. The number of carbonyl (C=O) groups is 3. The Kier molecular flexibility index (Phi) is 6.72. The fraction of sp³-hybridized carbons (Fsp3) is 0.444. The minimum atomic E-state index is -0.858. The van der Waals surface area contributed by atoms with Gasteiger partial charge < -0.3 is 25.2 Å². The lowest BCUT2D eigenvalue weighted by Crippen LogP contribution is -2.51. The van der Waals surface area contributed by atoms with E-state index >= 15 is 0 Å². The molecule has 0 aromatic heterocycles. The zero-order chi connectivity index (χ0) is 24.4. The first kappa shape index (κ1) is 23.4. The normalized spacial score (nSPS) is 25.0. The molecule has 0 radical (unpaired) electrons. The number of alkyl carbamates (subject to hydrolysis) is 1. The second kappa shape index (κ2) is 10.1. The van der Waals surface area contributed by atoms with Crippen molar-refractivity contribution in [3.63, 3.8) is 0 Å². The van der Waals surface area contributed by atoms with E-state index < -0.39 is 24.2 Å². The summed E-state index contributed by atoms with van der Waals surface area (Å²) in [5.41, 5.74) is 4.59. The lowest BCUT2D eigenvalue weighted by Gasteiger charge is -2.24. The molecule has 8 heteroatoms. The van der Waals surface area contributed by atoms with Gasteiger partial charge in [0.25, 0.3) is 5.91 Å². The third-order valence-electron chi connectivity index (χ3n) is 7.42. The Bertz CT molecular complexity index is 1070. The maximum absolute atomic E-state index is 12.9. The molecule has 1 saturated heterocycles. The molecule has 5 rings (SSSR count). The summed E-state index contributed by atoms with van der Waals surface area (Å²) in [5.74, 6) is -1.29. The summed E-state index contributed by atoms with van der Waals surface area (Å²) in [4.78, 5) is 36.7. The van der Waals surface area contributed by atoms with Crippen molar-refractivity contribution in [3.05, 3.63) is 59.7 Å². The van der Waals surface area contributed by atoms with Crippen molar-refractivity contribution in [1.82, 2.24) is 10.6 Å². The number of fused-ring (bicyclic) bond motifs is 3. The van der Waals surface area contributed by atoms with Gasteiger partial charge in [-0.05, 0) is 47.4 Å². The van der Waals surface area contributed by atoms with Gasteiger partial charge in [0.1, 0.15) is 6.61 Å². The van der Waals surface area contributed by atoms with Crippen LogP contribution < -0.4 is 10.6 Å². The summed E-state index contributed by atoms with van der Waals surface area (Å²) < 4.78 is 11.2. The monoisotopic (exact) mass is 478 g/mol. The number of carbonyl (C=O) groups excluding carboxylic acids is 2. The highest BCUT2D eigenvalue weighted by Gasteiger charge is 2.39. The molecule has 2 fully saturated rings. The summed E-state index contributed by atoms with van der Waals surface area (Å²) in [6.07, 6.45) is 1.57. The molecule has 2 aromatic carbocycles. The van der Waals surface area contributed by atoms with Gasteiger partial charge in [0.15, 0.2) is 6.10 Å². The van der Waals surface area contributed by atoms with Crippen molar-refractivity contribution in [1.29, 1.82) is 0 Å². The topological polar surface area (TPSA) is 114 Å². The minimum Gasteiger partial charge on any atom is -0.481 e. The third-order valence-corrected chi connectivity index (χ3v) is 7.42. The number of ether oxygens (including phenoxy) is 2. The highest BCUT2D eigenvalue weighted by Crippen LogP contribution is 2.44. The highest BCUT2D eigenvalue weighted by atomic mass is 16.6. The Morgan fingerprint density at radius 1 is 0.914 bits per heavy atom. The van der Waals surface area contributed by atoms with Crippen LogP contribution in [0.25, 0.3) is 11.1 Å². The molecular formula is C27H30N2O6. The molecule has 1 heterocycles. The van der Waals surface area contributed by atoms with Gasteiger partial charge in [-0.15, -0.1) is 0 Å². The maximum Gasteiger partial charge on any atom is 0.407 e. The average Bonchev–Trinajstić information content (AvgIpc) is 3.56. The number of benzene rings is 2. The number of carboxylic acid groups (broad SMARTS) is 1. The smallest absolute Gasteiger partial charge is 0.407 e. The Hall–Kier alpha value is -3.39. The van der Waals surface area contributed by atoms with Crippen LogP contribution in [0.5, 0.6) is 0 Å².